The van der Waals surface area contributed by atoms with Gasteiger partial charge in [-0.25, -0.2) is 4.21 Å². The van der Waals surface area contributed by atoms with Crippen molar-refractivity contribution in [2.45, 2.75) is 0 Å². The molecule has 1 aliphatic heterocycles. The van der Waals surface area contributed by atoms with E-state index in [-0.39, 0.29) is 5.96 Å². The second kappa shape index (κ2) is 2.87. The Kier molecular flexibility index (Phi) is 2.08. The van der Waals surface area contributed by atoms with Crippen LogP contribution in [-0.2, 0) is 11.2 Å². The van der Waals surface area contributed by atoms with E-state index < -0.39 is 11.2 Å². The number of hydrogen-bond donors (Lipinski definition) is 2. The van der Waals surface area contributed by atoms with Gasteiger partial charge in [0.25, 0.3) is 0 Å². The second-order valence-electron chi connectivity index (χ2n) is 1.91. The zero-order valence-electron chi connectivity index (χ0n) is 6.24. The third kappa shape index (κ3) is 1.48. The van der Waals surface area contributed by atoms with E-state index in [2.05, 4.69) is 14.1 Å². The number of nitrogens with one attached hydrogen (secondary N) is 1. The van der Waals surface area contributed by atoms with Gasteiger partial charge in [0, 0.05) is 14.1 Å². The number of nitrogens with zero attached hydrogens (tertiary/aromatic N) is 3. The minimum atomic E-state index is -1.48. The molecular weight excluding hydrogens is 166 g/mol. The van der Waals surface area contributed by atoms with Crippen molar-refractivity contribution in [3.8, 4) is 0 Å². The summed E-state index contributed by atoms with van der Waals surface area (Å²) in [6.07, 6.45) is 0. The first-order valence-electron chi connectivity index (χ1n) is 2.88. The van der Waals surface area contributed by atoms with Crippen LogP contribution in [0.2, 0.25) is 0 Å². The van der Waals surface area contributed by atoms with Crippen LogP contribution >= 0.6 is 0 Å². The Morgan fingerprint density at radius 1 is 1.82 bits per heavy atom. The standard InChI is InChI=1S/C4H9N5OS/c1-6-4-8-11(10)7-3(5)9(4)2/h1-2H3,(H2,5,7)(H,6,8). The number of guanidine groups is 2. The summed E-state index contributed by atoms with van der Waals surface area (Å²) >= 11 is -1.48. The zero-order valence-corrected chi connectivity index (χ0v) is 7.05. The molecule has 6 nitrogen and oxygen atoms in total. The highest BCUT2D eigenvalue weighted by atomic mass is 32.2. The lowest BCUT2D eigenvalue weighted by Gasteiger charge is -2.22. The van der Waals surface area contributed by atoms with Crippen molar-refractivity contribution in [2.75, 3.05) is 14.1 Å². The SMILES string of the molecule is CN=C1NS(=O)N=C(N)N1C. The number of rotatable bonds is 0. The Bertz CT molecular complexity index is 247. The van der Waals surface area contributed by atoms with Gasteiger partial charge in [-0.1, -0.05) is 0 Å². The van der Waals surface area contributed by atoms with Crippen molar-refractivity contribution in [3.63, 3.8) is 0 Å². The molecule has 0 aromatic carbocycles. The van der Waals surface area contributed by atoms with Crippen LogP contribution in [0.15, 0.2) is 9.39 Å². The first-order chi connectivity index (χ1) is 5.15. The highest BCUT2D eigenvalue weighted by Crippen LogP contribution is 1.94. The molecule has 3 N–H and O–H groups in total. The average Bonchev–Trinajstić information content (AvgIpc) is 1.96. The third-order valence-corrected chi connectivity index (χ3v) is 1.94. The van der Waals surface area contributed by atoms with Crippen molar-refractivity contribution in [3.05, 3.63) is 0 Å². The molecule has 1 unspecified atom stereocenters. The third-order valence-electron chi connectivity index (χ3n) is 1.23. The zero-order chi connectivity index (χ0) is 8.43. The first-order valence-corrected chi connectivity index (χ1v) is 3.99. The monoisotopic (exact) mass is 175 g/mol. The highest BCUT2D eigenvalue weighted by Gasteiger charge is 2.17. The number of aliphatic imine (C=N–C) groups is 1. The summed E-state index contributed by atoms with van der Waals surface area (Å²) in [7, 11) is 3.26. The van der Waals surface area contributed by atoms with Crippen LogP contribution in [0.4, 0.5) is 0 Å². The predicted molar refractivity (Wildman–Crippen MR) is 44.0 cm³/mol. The molecule has 0 bridgehead atoms. The quantitative estimate of drug-likeness (QED) is 0.465. The van der Waals surface area contributed by atoms with E-state index in [9.17, 15) is 4.21 Å². The molecule has 0 aromatic heterocycles. The Balaban J connectivity index is 2.95. The summed E-state index contributed by atoms with van der Waals surface area (Å²) < 4.78 is 16.9. The van der Waals surface area contributed by atoms with Crippen LogP contribution in [0, 0.1) is 0 Å². The first kappa shape index (κ1) is 7.99. The predicted octanol–water partition coefficient (Wildman–Crippen LogP) is -1.60. The van der Waals surface area contributed by atoms with Crippen molar-refractivity contribution < 1.29 is 4.21 Å². The van der Waals surface area contributed by atoms with Gasteiger partial charge in [-0.15, -0.1) is 4.40 Å². The van der Waals surface area contributed by atoms with Crippen LogP contribution < -0.4 is 10.5 Å². The summed E-state index contributed by atoms with van der Waals surface area (Å²) in [5.74, 6) is 0.651. The maximum atomic E-state index is 10.8. The van der Waals surface area contributed by atoms with Gasteiger partial charge in [-0.3, -0.25) is 14.6 Å². The molecule has 62 valence electrons. The van der Waals surface area contributed by atoms with Gasteiger partial charge < -0.3 is 5.73 Å². The van der Waals surface area contributed by atoms with E-state index >= 15 is 0 Å². The average molecular weight is 175 g/mol. The molecule has 0 aliphatic carbocycles. The maximum absolute atomic E-state index is 10.8. The topological polar surface area (TPSA) is 83.1 Å². The van der Waals surface area contributed by atoms with Gasteiger partial charge >= 0.3 is 0 Å². The molecule has 0 fully saturated rings. The molecule has 1 atom stereocenters. The number of hydrogen-bond acceptors (Lipinski definition) is 3. The normalized spacial score (nSPS) is 28.2. The lowest BCUT2D eigenvalue weighted by molar-refractivity contribution is 0.663. The molecule has 0 amide bonds. The van der Waals surface area contributed by atoms with Crippen LogP contribution in [0.1, 0.15) is 0 Å². The Hall–Kier alpha value is -1.11. The van der Waals surface area contributed by atoms with Crippen molar-refractivity contribution in [1.82, 2.24) is 9.62 Å². The van der Waals surface area contributed by atoms with E-state index in [0.29, 0.717) is 5.96 Å². The van der Waals surface area contributed by atoms with Crippen molar-refractivity contribution in [2.24, 2.45) is 15.1 Å². The minimum Gasteiger partial charge on any atom is -0.369 e. The van der Waals surface area contributed by atoms with Crippen LogP contribution in [-0.4, -0.2) is 35.1 Å². The van der Waals surface area contributed by atoms with Crippen molar-refractivity contribution >= 4 is 23.1 Å². The van der Waals surface area contributed by atoms with E-state index in [1.54, 1.807) is 14.1 Å². The van der Waals surface area contributed by atoms with Gasteiger partial charge in [0.15, 0.2) is 0 Å². The lowest BCUT2D eigenvalue weighted by atomic mass is 10.7. The van der Waals surface area contributed by atoms with Crippen LogP contribution in [0.25, 0.3) is 0 Å². The Labute approximate surface area is 66.9 Å². The van der Waals surface area contributed by atoms with E-state index in [4.69, 9.17) is 5.73 Å². The summed E-state index contributed by atoms with van der Waals surface area (Å²) in [4.78, 5) is 5.32. The molecule has 1 rings (SSSR count). The summed E-state index contributed by atoms with van der Waals surface area (Å²) in [6.45, 7) is 0. The molecule has 11 heavy (non-hydrogen) atoms. The summed E-state index contributed by atoms with van der Waals surface area (Å²) in [6, 6.07) is 0. The van der Waals surface area contributed by atoms with Gasteiger partial charge in [-0.05, 0) is 0 Å². The molecule has 0 spiro atoms. The largest absolute Gasteiger partial charge is 0.369 e. The number of nitrogens with two attached hydrogens (primary N) is 1. The van der Waals surface area contributed by atoms with E-state index in [1.807, 2.05) is 0 Å². The molecule has 0 saturated carbocycles. The Morgan fingerprint density at radius 3 is 3.00 bits per heavy atom. The smallest absolute Gasteiger partial charge is 0.248 e. The minimum absolute atomic E-state index is 0.197. The molecule has 0 saturated heterocycles. The second-order valence-corrected chi connectivity index (χ2v) is 2.79. The van der Waals surface area contributed by atoms with Crippen LogP contribution in [0.3, 0.4) is 0 Å². The molecular formula is C4H9N5OS. The summed E-state index contributed by atoms with van der Waals surface area (Å²) in [5, 5.41) is 0. The molecule has 7 heteroatoms. The van der Waals surface area contributed by atoms with Gasteiger partial charge in [-0.2, -0.15) is 0 Å². The fraction of sp³-hybridized carbons (Fsp3) is 0.500. The summed E-state index contributed by atoms with van der Waals surface area (Å²) in [5.41, 5.74) is 5.40. The van der Waals surface area contributed by atoms with E-state index in [1.165, 1.54) is 4.90 Å². The fourth-order valence-corrected chi connectivity index (χ4v) is 1.34. The van der Waals surface area contributed by atoms with E-state index in [0.717, 1.165) is 0 Å². The highest BCUT2D eigenvalue weighted by molar-refractivity contribution is 7.82. The van der Waals surface area contributed by atoms with Crippen LogP contribution in [0.5, 0.6) is 0 Å². The molecule has 1 aliphatic rings. The van der Waals surface area contributed by atoms with Gasteiger partial charge in [0.1, 0.15) is 0 Å². The lowest BCUT2D eigenvalue weighted by Crippen LogP contribution is -2.50. The fourth-order valence-electron chi connectivity index (χ4n) is 0.620. The molecule has 1 heterocycles. The van der Waals surface area contributed by atoms with Crippen molar-refractivity contribution in [1.29, 1.82) is 0 Å². The maximum Gasteiger partial charge on any atom is 0.248 e. The Morgan fingerprint density at radius 2 is 2.45 bits per heavy atom. The van der Waals surface area contributed by atoms with Gasteiger partial charge in [0.2, 0.25) is 23.1 Å². The van der Waals surface area contributed by atoms with Gasteiger partial charge in [0.05, 0.1) is 0 Å². The molecule has 0 aromatic rings. The molecule has 0 radical (unpaired) electrons.